The van der Waals surface area contributed by atoms with Gasteiger partial charge in [-0.05, 0) is 48.9 Å². The van der Waals surface area contributed by atoms with Crippen LogP contribution in [0, 0.1) is 5.41 Å². The molecule has 0 saturated heterocycles. The summed E-state index contributed by atoms with van der Waals surface area (Å²) in [7, 11) is 1.82. The summed E-state index contributed by atoms with van der Waals surface area (Å²) in [5.74, 6) is -1.33. The lowest BCUT2D eigenvalue weighted by atomic mass is 9.76. The fourth-order valence-corrected chi connectivity index (χ4v) is 4.53. The van der Waals surface area contributed by atoms with Crippen molar-refractivity contribution in [3.8, 4) is 0 Å². The first kappa shape index (κ1) is 18.5. The number of carbonyl (C=O) groups is 2. The van der Waals surface area contributed by atoms with E-state index in [9.17, 15) is 14.7 Å². The van der Waals surface area contributed by atoms with Crippen molar-refractivity contribution in [3.05, 3.63) is 45.6 Å². The van der Waals surface area contributed by atoms with Crippen LogP contribution in [0.15, 0.2) is 18.5 Å². The predicted octanol–water partition coefficient (Wildman–Crippen LogP) is 3.33. The van der Waals surface area contributed by atoms with Crippen LogP contribution in [0.2, 0.25) is 0 Å². The summed E-state index contributed by atoms with van der Waals surface area (Å²) in [4.78, 5) is 29.6. The van der Waals surface area contributed by atoms with Gasteiger partial charge >= 0.3 is 5.97 Å². The van der Waals surface area contributed by atoms with Gasteiger partial charge in [0, 0.05) is 23.8 Å². The zero-order chi connectivity index (χ0) is 18.9. The number of hydrogen-bond acceptors (Lipinski definition) is 5. The van der Waals surface area contributed by atoms with Crippen LogP contribution in [0.4, 0.5) is 5.00 Å². The highest BCUT2D eigenvalue weighted by Crippen LogP contribution is 2.43. The van der Waals surface area contributed by atoms with Gasteiger partial charge in [-0.3, -0.25) is 9.78 Å². The topological polar surface area (TPSA) is 91.3 Å². The first-order chi connectivity index (χ1) is 12.3. The minimum absolute atomic E-state index is 0.0744. The number of fused-ring (bicyclic) bond motifs is 1. The fraction of sp³-hybridized carbons (Fsp3) is 0.421. The zero-order valence-corrected chi connectivity index (χ0v) is 16.0. The first-order valence-electron chi connectivity index (χ1n) is 8.58. The molecule has 1 aliphatic rings. The number of carboxylic acid groups (broad SMARTS) is 1. The summed E-state index contributed by atoms with van der Waals surface area (Å²) in [6, 6.07) is 1.76. The first-order valence-corrected chi connectivity index (χ1v) is 9.40. The van der Waals surface area contributed by atoms with Crippen LogP contribution in [-0.2, 0) is 19.4 Å². The summed E-state index contributed by atoms with van der Waals surface area (Å²) in [5, 5.41) is 16.0. The number of aromatic nitrogens is 1. The molecule has 3 rings (SSSR count). The monoisotopic (exact) mass is 373 g/mol. The van der Waals surface area contributed by atoms with Crippen molar-refractivity contribution in [2.45, 2.75) is 39.7 Å². The van der Waals surface area contributed by atoms with E-state index in [4.69, 9.17) is 0 Å². The average molecular weight is 373 g/mol. The van der Waals surface area contributed by atoms with Crippen LogP contribution in [-0.4, -0.2) is 29.0 Å². The van der Waals surface area contributed by atoms with E-state index in [0.29, 0.717) is 17.1 Å². The number of anilines is 1. The molecular formula is C19H23N3O3S. The van der Waals surface area contributed by atoms with Crippen LogP contribution in [0.1, 0.15) is 57.0 Å². The Hall–Kier alpha value is -2.25. The standard InChI is InChI=1S/C19H23N3O3S/c1-19(2)5-4-14-13(7-19)15(18(24)25)17(26-14)22-16(23)12-6-11(8-20-3)9-21-10-12/h6,9-10,20H,4-5,7-8H2,1-3H3,(H,22,23)(H,24,25). The van der Waals surface area contributed by atoms with Gasteiger partial charge in [-0.15, -0.1) is 11.3 Å². The van der Waals surface area contributed by atoms with Gasteiger partial charge in [0.15, 0.2) is 0 Å². The smallest absolute Gasteiger partial charge is 0.339 e. The number of carbonyl (C=O) groups excluding carboxylic acids is 1. The van der Waals surface area contributed by atoms with E-state index < -0.39 is 5.97 Å². The van der Waals surface area contributed by atoms with Crippen LogP contribution >= 0.6 is 11.3 Å². The second-order valence-electron chi connectivity index (χ2n) is 7.42. The van der Waals surface area contributed by atoms with E-state index in [-0.39, 0.29) is 16.9 Å². The molecule has 0 saturated carbocycles. The highest BCUT2D eigenvalue weighted by atomic mass is 32.1. The minimum atomic E-state index is -0.988. The number of hydrogen-bond donors (Lipinski definition) is 3. The molecule has 0 aromatic carbocycles. The van der Waals surface area contributed by atoms with E-state index in [1.165, 1.54) is 17.5 Å². The van der Waals surface area contributed by atoms with Gasteiger partial charge in [0.1, 0.15) is 5.00 Å². The highest BCUT2D eigenvalue weighted by Gasteiger charge is 2.33. The van der Waals surface area contributed by atoms with E-state index in [0.717, 1.165) is 35.3 Å². The number of aryl methyl sites for hydroxylation is 1. The second kappa shape index (κ2) is 7.17. The van der Waals surface area contributed by atoms with Crippen molar-refractivity contribution in [2.75, 3.05) is 12.4 Å². The lowest BCUT2D eigenvalue weighted by molar-refractivity contribution is 0.0696. The van der Waals surface area contributed by atoms with Gasteiger partial charge < -0.3 is 15.7 Å². The molecule has 6 nitrogen and oxygen atoms in total. The third kappa shape index (κ3) is 3.78. The second-order valence-corrected chi connectivity index (χ2v) is 8.53. The number of pyridine rings is 1. The summed E-state index contributed by atoms with van der Waals surface area (Å²) >= 11 is 1.38. The van der Waals surface area contributed by atoms with Crippen molar-refractivity contribution in [1.82, 2.24) is 10.3 Å². The largest absolute Gasteiger partial charge is 0.478 e. The van der Waals surface area contributed by atoms with E-state index >= 15 is 0 Å². The Balaban J connectivity index is 1.90. The Morgan fingerprint density at radius 3 is 2.81 bits per heavy atom. The maximum Gasteiger partial charge on any atom is 0.339 e. The summed E-state index contributed by atoms with van der Waals surface area (Å²) in [5.41, 5.74) is 2.50. The van der Waals surface area contributed by atoms with E-state index in [1.807, 2.05) is 7.05 Å². The predicted molar refractivity (Wildman–Crippen MR) is 102 cm³/mol. The third-order valence-corrected chi connectivity index (χ3v) is 5.86. The van der Waals surface area contributed by atoms with Gasteiger partial charge in [-0.2, -0.15) is 0 Å². The van der Waals surface area contributed by atoms with Gasteiger partial charge in [-0.25, -0.2) is 4.79 Å². The molecule has 3 N–H and O–H groups in total. The number of carboxylic acids is 1. The Morgan fingerprint density at radius 2 is 2.12 bits per heavy atom. The quantitative estimate of drug-likeness (QED) is 0.748. The Labute approximate surface area is 156 Å². The van der Waals surface area contributed by atoms with Crippen molar-refractivity contribution in [2.24, 2.45) is 5.41 Å². The molecule has 0 aliphatic heterocycles. The molecule has 2 aromatic rings. The fourth-order valence-electron chi connectivity index (χ4n) is 3.32. The van der Waals surface area contributed by atoms with Gasteiger partial charge in [0.05, 0.1) is 11.1 Å². The van der Waals surface area contributed by atoms with Crippen LogP contribution in [0.5, 0.6) is 0 Å². The Morgan fingerprint density at radius 1 is 1.35 bits per heavy atom. The van der Waals surface area contributed by atoms with Gasteiger partial charge in [0.25, 0.3) is 5.91 Å². The number of rotatable bonds is 5. The lowest BCUT2D eigenvalue weighted by Crippen LogP contribution is -2.22. The van der Waals surface area contributed by atoms with Crippen molar-refractivity contribution in [1.29, 1.82) is 0 Å². The Bertz CT molecular complexity index is 858. The number of aromatic carboxylic acids is 1. The Kier molecular flexibility index (Phi) is 5.11. The van der Waals surface area contributed by atoms with E-state index in [2.05, 4.69) is 29.5 Å². The summed E-state index contributed by atoms with van der Waals surface area (Å²) in [6.45, 7) is 4.91. The van der Waals surface area contributed by atoms with Crippen molar-refractivity contribution >= 4 is 28.2 Å². The van der Waals surface area contributed by atoms with Crippen LogP contribution < -0.4 is 10.6 Å². The summed E-state index contributed by atoms with van der Waals surface area (Å²) in [6.07, 6.45) is 5.77. The molecule has 138 valence electrons. The lowest BCUT2D eigenvalue weighted by Gasteiger charge is -2.29. The van der Waals surface area contributed by atoms with Gasteiger partial charge in [0.2, 0.25) is 0 Å². The molecule has 26 heavy (non-hydrogen) atoms. The molecule has 7 heteroatoms. The molecule has 0 unspecified atom stereocenters. The normalized spacial score (nSPS) is 15.3. The minimum Gasteiger partial charge on any atom is -0.478 e. The number of thiophene rings is 1. The average Bonchev–Trinajstić information content (AvgIpc) is 2.91. The maximum absolute atomic E-state index is 12.6. The molecule has 0 fully saturated rings. The maximum atomic E-state index is 12.6. The van der Waals surface area contributed by atoms with Gasteiger partial charge in [-0.1, -0.05) is 13.8 Å². The third-order valence-electron chi connectivity index (χ3n) is 4.65. The van der Waals surface area contributed by atoms with Crippen LogP contribution in [0.25, 0.3) is 0 Å². The number of amides is 1. The van der Waals surface area contributed by atoms with Crippen molar-refractivity contribution < 1.29 is 14.7 Å². The molecule has 0 bridgehead atoms. The van der Waals surface area contributed by atoms with E-state index in [1.54, 1.807) is 12.3 Å². The number of nitrogens with one attached hydrogen (secondary N) is 2. The van der Waals surface area contributed by atoms with Crippen molar-refractivity contribution in [3.63, 3.8) is 0 Å². The van der Waals surface area contributed by atoms with Crippen LogP contribution in [0.3, 0.4) is 0 Å². The molecule has 0 radical (unpaired) electrons. The number of nitrogens with zero attached hydrogens (tertiary/aromatic N) is 1. The molecule has 1 aliphatic carbocycles. The SMILES string of the molecule is CNCc1cncc(C(=O)Nc2sc3c(c2C(=O)O)CC(C)(C)CC3)c1. The molecule has 0 atom stereocenters. The molecule has 0 spiro atoms. The zero-order valence-electron chi connectivity index (χ0n) is 15.2. The molecule has 2 aromatic heterocycles. The highest BCUT2D eigenvalue weighted by molar-refractivity contribution is 7.17. The molecular weight excluding hydrogens is 350 g/mol. The molecule has 1 amide bonds. The summed E-state index contributed by atoms with van der Waals surface area (Å²) < 4.78 is 0. The molecule has 2 heterocycles.